The topological polar surface area (TPSA) is 60.0 Å². The van der Waals surface area contributed by atoms with Gasteiger partial charge >= 0.3 is 0 Å². The SMILES string of the molecule is CC(CN)(Cc1ccc(F)cc1)N1CCn2cnnc2C1. The Labute approximate surface area is 123 Å². The zero-order valence-corrected chi connectivity index (χ0v) is 12.2. The van der Waals surface area contributed by atoms with Crippen LogP contribution < -0.4 is 5.73 Å². The van der Waals surface area contributed by atoms with Crippen LogP contribution in [-0.2, 0) is 19.5 Å². The Morgan fingerprint density at radius 2 is 2.05 bits per heavy atom. The van der Waals surface area contributed by atoms with Crippen molar-refractivity contribution in [3.05, 3.63) is 47.8 Å². The van der Waals surface area contributed by atoms with Gasteiger partial charge in [-0.1, -0.05) is 12.1 Å². The molecule has 21 heavy (non-hydrogen) atoms. The molecule has 2 heterocycles. The monoisotopic (exact) mass is 289 g/mol. The second-order valence-electron chi connectivity index (χ2n) is 5.87. The fourth-order valence-electron chi connectivity index (χ4n) is 2.88. The summed E-state index contributed by atoms with van der Waals surface area (Å²) < 4.78 is 15.1. The number of halogens is 1. The van der Waals surface area contributed by atoms with Crippen molar-refractivity contribution in [2.45, 2.75) is 32.0 Å². The number of nitrogens with zero attached hydrogens (tertiary/aromatic N) is 4. The summed E-state index contributed by atoms with van der Waals surface area (Å²) in [6.45, 7) is 5.23. The minimum Gasteiger partial charge on any atom is -0.329 e. The quantitative estimate of drug-likeness (QED) is 0.918. The highest BCUT2D eigenvalue weighted by atomic mass is 19.1. The first-order chi connectivity index (χ1) is 10.1. The van der Waals surface area contributed by atoms with Gasteiger partial charge in [-0.25, -0.2) is 4.39 Å². The van der Waals surface area contributed by atoms with Gasteiger partial charge in [0.2, 0.25) is 0 Å². The fraction of sp³-hybridized carbons (Fsp3) is 0.467. The highest BCUT2D eigenvalue weighted by Crippen LogP contribution is 2.24. The first-order valence-corrected chi connectivity index (χ1v) is 7.17. The number of hydrogen-bond acceptors (Lipinski definition) is 4. The van der Waals surface area contributed by atoms with Crippen LogP contribution in [0.1, 0.15) is 18.3 Å². The predicted molar refractivity (Wildman–Crippen MR) is 78.0 cm³/mol. The second kappa shape index (κ2) is 5.54. The van der Waals surface area contributed by atoms with Crippen LogP contribution in [0.25, 0.3) is 0 Å². The van der Waals surface area contributed by atoms with E-state index in [-0.39, 0.29) is 11.4 Å². The molecular weight excluding hydrogens is 269 g/mol. The van der Waals surface area contributed by atoms with Gasteiger partial charge in [0.1, 0.15) is 18.0 Å². The van der Waals surface area contributed by atoms with Gasteiger partial charge in [-0.05, 0) is 31.0 Å². The summed E-state index contributed by atoms with van der Waals surface area (Å²) in [5.74, 6) is 0.763. The Morgan fingerprint density at radius 1 is 1.29 bits per heavy atom. The van der Waals surface area contributed by atoms with E-state index in [1.54, 1.807) is 6.33 Å². The lowest BCUT2D eigenvalue weighted by Crippen LogP contribution is -2.55. The molecular formula is C15H20FN5. The van der Waals surface area contributed by atoms with Crippen LogP contribution in [0, 0.1) is 5.82 Å². The van der Waals surface area contributed by atoms with E-state index in [1.165, 1.54) is 12.1 Å². The smallest absolute Gasteiger partial charge is 0.147 e. The molecule has 0 aliphatic carbocycles. The van der Waals surface area contributed by atoms with Crippen molar-refractivity contribution < 1.29 is 4.39 Å². The van der Waals surface area contributed by atoms with E-state index in [0.29, 0.717) is 6.54 Å². The average molecular weight is 289 g/mol. The van der Waals surface area contributed by atoms with Crippen molar-refractivity contribution >= 4 is 0 Å². The van der Waals surface area contributed by atoms with Crippen LogP contribution >= 0.6 is 0 Å². The number of hydrogen-bond donors (Lipinski definition) is 1. The highest BCUT2D eigenvalue weighted by Gasteiger charge is 2.33. The second-order valence-corrected chi connectivity index (χ2v) is 5.87. The van der Waals surface area contributed by atoms with E-state index >= 15 is 0 Å². The molecule has 0 amide bonds. The third-order valence-corrected chi connectivity index (χ3v) is 4.34. The molecule has 2 aromatic rings. The zero-order chi connectivity index (χ0) is 14.9. The Bertz CT molecular complexity index is 609. The molecule has 1 unspecified atom stereocenters. The van der Waals surface area contributed by atoms with E-state index in [9.17, 15) is 4.39 Å². The van der Waals surface area contributed by atoms with Crippen LogP contribution in [0.15, 0.2) is 30.6 Å². The average Bonchev–Trinajstić information content (AvgIpc) is 2.97. The first kappa shape index (κ1) is 14.2. The van der Waals surface area contributed by atoms with Crippen LogP contribution in [0.2, 0.25) is 0 Å². The Morgan fingerprint density at radius 3 is 2.76 bits per heavy atom. The molecule has 0 fully saturated rings. The lowest BCUT2D eigenvalue weighted by atomic mass is 9.90. The van der Waals surface area contributed by atoms with Gasteiger partial charge in [-0.15, -0.1) is 10.2 Å². The summed E-state index contributed by atoms with van der Waals surface area (Å²) in [5, 5.41) is 8.11. The maximum atomic E-state index is 13.0. The molecule has 2 N–H and O–H groups in total. The number of rotatable bonds is 4. The van der Waals surface area contributed by atoms with Crippen LogP contribution in [-0.4, -0.2) is 38.3 Å². The van der Waals surface area contributed by atoms with Gasteiger partial charge in [0, 0.05) is 25.2 Å². The number of aromatic nitrogens is 3. The van der Waals surface area contributed by atoms with Crippen molar-refractivity contribution in [3.63, 3.8) is 0 Å². The molecule has 0 saturated heterocycles. The summed E-state index contributed by atoms with van der Waals surface area (Å²) in [4.78, 5) is 2.35. The van der Waals surface area contributed by atoms with Crippen molar-refractivity contribution in [1.29, 1.82) is 0 Å². The Kier molecular flexibility index (Phi) is 3.73. The third kappa shape index (κ3) is 2.82. The lowest BCUT2D eigenvalue weighted by molar-refractivity contribution is 0.0772. The predicted octanol–water partition coefficient (Wildman–Crippen LogP) is 1.19. The van der Waals surface area contributed by atoms with Gasteiger partial charge in [0.15, 0.2) is 0 Å². The van der Waals surface area contributed by atoms with Crippen LogP contribution in [0.4, 0.5) is 4.39 Å². The summed E-state index contributed by atoms with van der Waals surface area (Å²) in [5.41, 5.74) is 6.97. The molecule has 0 spiro atoms. The van der Waals surface area contributed by atoms with Crippen molar-refractivity contribution in [2.75, 3.05) is 13.1 Å². The van der Waals surface area contributed by atoms with E-state index in [0.717, 1.165) is 37.4 Å². The fourth-order valence-corrected chi connectivity index (χ4v) is 2.88. The Hall–Kier alpha value is -1.79. The molecule has 0 saturated carbocycles. The molecule has 1 aliphatic heterocycles. The normalized spacial score (nSPS) is 18.2. The standard InChI is InChI=1S/C15H20FN5/c1-15(10-17,8-12-2-4-13(16)5-3-12)21-7-6-20-11-18-19-14(20)9-21/h2-5,11H,6-10,17H2,1H3. The number of fused-ring (bicyclic) bond motifs is 1. The molecule has 1 atom stereocenters. The molecule has 112 valence electrons. The summed E-state index contributed by atoms with van der Waals surface area (Å²) in [6, 6.07) is 6.66. The summed E-state index contributed by atoms with van der Waals surface area (Å²) >= 11 is 0. The molecule has 6 heteroatoms. The van der Waals surface area contributed by atoms with E-state index in [2.05, 4.69) is 26.6 Å². The van der Waals surface area contributed by atoms with Gasteiger partial charge in [-0.3, -0.25) is 4.90 Å². The van der Waals surface area contributed by atoms with Gasteiger partial charge in [-0.2, -0.15) is 0 Å². The molecule has 1 aliphatic rings. The van der Waals surface area contributed by atoms with E-state index in [1.807, 2.05) is 12.1 Å². The molecule has 0 radical (unpaired) electrons. The Balaban J connectivity index is 1.78. The highest BCUT2D eigenvalue weighted by molar-refractivity contribution is 5.19. The van der Waals surface area contributed by atoms with E-state index < -0.39 is 0 Å². The molecule has 0 bridgehead atoms. The lowest BCUT2D eigenvalue weighted by Gasteiger charge is -2.42. The minimum absolute atomic E-state index is 0.172. The largest absolute Gasteiger partial charge is 0.329 e. The molecule has 3 rings (SSSR count). The summed E-state index contributed by atoms with van der Waals surface area (Å²) in [7, 11) is 0. The van der Waals surface area contributed by atoms with Crippen molar-refractivity contribution in [2.24, 2.45) is 5.73 Å². The van der Waals surface area contributed by atoms with E-state index in [4.69, 9.17) is 5.73 Å². The molecule has 1 aromatic carbocycles. The summed E-state index contributed by atoms with van der Waals surface area (Å²) in [6.07, 6.45) is 2.56. The van der Waals surface area contributed by atoms with Crippen LogP contribution in [0.5, 0.6) is 0 Å². The van der Waals surface area contributed by atoms with Crippen molar-refractivity contribution in [1.82, 2.24) is 19.7 Å². The van der Waals surface area contributed by atoms with Gasteiger partial charge < -0.3 is 10.3 Å². The molecule has 1 aromatic heterocycles. The van der Waals surface area contributed by atoms with Crippen LogP contribution in [0.3, 0.4) is 0 Å². The van der Waals surface area contributed by atoms with Gasteiger partial charge in [0.25, 0.3) is 0 Å². The number of nitrogens with two attached hydrogens (primary N) is 1. The molecule has 5 nitrogen and oxygen atoms in total. The third-order valence-electron chi connectivity index (χ3n) is 4.34. The maximum Gasteiger partial charge on any atom is 0.147 e. The van der Waals surface area contributed by atoms with Crippen molar-refractivity contribution in [3.8, 4) is 0 Å². The van der Waals surface area contributed by atoms with Gasteiger partial charge in [0.05, 0.1) is 6.54 Å². The zero-order valence-electron chi connectivity index (χ0n) is 12.2. The first-order valence-electron chi connectivity index (χ1n) is 7.17. The maximum absolute atomic E-state index is 13.0. The minimum atomic E-state index is -0.209. The number of benzene rings is 1.